The molecule has 2 rings (SSSR count). The van der Waals surface area contributed by atoms with Crippen molar-refractivity contribution in [3.05, 3.63) is 35.9 Å². The first-order valence-electron chi connectivity index (χ1n) is 10.3. The second kappa shape index (κ2) is 9.03. The molecule has 1 aliphatic rings. The van der Waals surface area contributed by atoms with Crippen molar-refractivity contribution in [1.82, 2.24) is 10.2 Å². The molecule has 0 spiro atoms. The van der Waals surface area contributed by atoms with E-state index in [1.54, 1.807) is 0 Å². The molecular formula is C23H38N2O. The molecule has 0 radical (unpaired) electrons. The number of hydrogen-bond acceptors (Lipinski definition) is 2. The fourth-order valence-electron chi connectivity index (χ4n) is 4.44. The Kier molecular flexibility index (Phi) is 7.28. The number of benzene rings is 1. The van der Waals surface area contributed by atoms with Crippen LogP contribution in [-0.2, 0) is 11.2 Å². The molecule has 3 heteroatoms. The maximum absolute atomic E-state index is 13.2. The SMILES string of the molecule is CC(C)(C)CC(C)(C)NC(=O)C(CCc1ccccc1)N1CCCCC1. The van der Waals surface area contributed by atoms with Crippen molar-refractivity contribution in [1.29, 1.82) is 0 Å². The van der Waals surface area contributed by atoms with E-state index >= 15 is 0 Å². The number of piperidine rings is 1. The fraction of sp³-hybridized carbons (Fsp3) is 0.696. The number of carbonyl (C=O) groups is 1. The van der Waals surface area contributed by atoms with Crippen molar-refractivity contribution in [3.63, 3.8) is 0 Å². The van der Waals surface area contributed by atoms with E-state index < -0.39 is 0 Å². The molecule has 26 heavy (non-hydrogen) atoms. The molecule has 1 unspecified atom stereocenters. The lowest BCUT2D eigenvalue weighted by atomic mass is 9.81. The van der Waals surface area contributed by atoms with Crippen LogP contribution in [0, 0.1) is 5.41 Å². The minimum atomic E-state index is -0.184. The second-order valence-electron chi connectivity index (χ2n) is 9.75. The smallest absolute Gasteiger partial charge is 0.237 e. The standard InChI is InChI=1S/C23H38N2O/c1-22(2,3)18-23(4,5)24-21(26)20(25-16-10-7-11-17-25)15-14-19-12-8-6-9-13-19/h6,8-9,12-13,20H,7,10-11,14-18H2,1-5H3,(H,24,26). The topological polar surface area (TPSA) is 32.3 Å². The summed E-state index contributed by atoms with van der Waals surface area (Å²) in [7, 11) is 0. The molecule has 1 saturated heterocycles. The average Bonchev–Trinajstić information content (AvgIpc) is 2.54. The van der Waals surface area contributed by atoms with Crippen LogP contribution in [0.3, 0.4) is 0 Å². The van der Waals surface area contributed by atoms with Gasteiger partial charge in [-0.1, -0.05) is 57.5 Å². The van der Waals surface area contributed by atoms with Gasteiger partial charge in [-0.2, -0.15) is 0 Å². The third-order valence-electron chi connectivity index (χ3n) is 5.12. The van der Waals surface area contributed by atoms with Gasteiger partial charge >= 0.3 is 0 Å². The molecule has 146 valence electrons. The Labute approximate surface area is 160 Å². The van der Waals surface area contributed by atoms with E-state index in [9.17, 15) is 4.79 Å². The Balaban J connectivity index is 2.05. The van der Waals surface area contributed by atoms with Gasteiger partial charge in [-0.05, 0) is 70.0 Å². The monoisotopic (exact) mass is 358 g/mol. The zero-order chi connectivity index (χ0) is 19.2. The number of nitrogens with one attached hydrogen (secondary N) is 1. The Hall–Kier alpha value is -1.35. The third kappa shape index (κ3) is 7.11. The molecule has 1 aliphatic heterocycles. The lowest BCUT2D eigenvalue weighted by Crippen LogP contribution is -2.55. The minimum absolute atomic E-state index is 0.0188. The molecule has 1 heterocycles. The number of carbonyl (C=O) groups excluding carboxylic acids is 1. The van der Waals surface area contributed by atoms with Crippen molar-refractivity contribution in [2.75, 3.05) is 13.1 Å². The second-order valence-corrected chi connectivity index (χ2v) is 9.75. The quantitative estimate of drug-likeness (QED) is 0.759. The number of hydrogen-bond donors (Lipinski definition) is 1. The number of likely N-dealkylation sites (tertiary alicyclic amines) is 1. The number of rotatable bonds is 7. The van der Waals surface area contributed by atoms with Gasteiger partial charge in [0, 0.05) is 5.54 Å². The third-order valence-corrected chi connectivity index (χ3v) is 5.12. The fourth-order valence-corrected chi connectivity index (χ4v) is 4.44. The number of aryl methyl sites for hydroxylation is 1. The van der Waals surface area contributed by atoms with Crippen molar-refractivity contribution in [2.45, 2.75) is 84.7 Å². The van der Waals surface area contributed by atoms with E-state index in [1.165, 1.54) is 24.8 Å². The van der Waals surface area contributed by atoms with Crippen LogP contribution in [0.25, 0.3) is 0 Å². The highest BCUT2D eigenvalue weighted by atomic mass is 16.2. The molecule has 1 fully saturated rings. The van der Waals surface area contributed by atoms with Crippen LogP contribution in [0.15, 0.2) is 30.3 Å². The zero-order valence-electron chi connectivity index (χ0n) is 17.5. The predicted molar refractivity (Wildman–Crippen MR) is 110 cm³/mol. The van der Waals surface area contributed by atoms with E-state index in [2.05, 4.69) is 69.1 Å². The summed E-state index contributed by atoms with van der Waals surface area (Å²) >= 11 is 0. The van der Waals surface area contributed by atoms with Crippen molar-refractivity contribution < 1.29 is 4.79 Å². The maximum Gasteiger partial charge on any atom is 0.237 e. The lowest BCUT2D eigenvalue weighted by Gasteiger charge is -2.38. The van der Waals surface area contributed by atoms with Crippen LogP contribution in [0.5, 0.6) is 0 Å². The normalized spacial score (nSPS) is 17.7. The van der Waals surface area contributed by atoms with E-state index in [-0.39, 0.29) is 22.9 Å². The summed E-state index contributed by atoms with van der Waals surface area (Å²) in [6.07, 6.45) is 6.52. The molecule has 1 aromatic carbocycles. The first kappa shape index (κ1) is 21.0. The summed E-state index contributed by atoms with van der Waals surface area (Å²) in [6, 6.07) is 10.5. The average molecular weight is 359 g/mol. The Bertz CT molecular complexity index is 553. The van der Waals surface area contributed by atoms with Gasteiger partial charge in [0.15, 0.2) is 0 Å². The molecule has 1 amide bonds. The molecule has 3 nitrogen and oxygen atoms in total. The summed E-state index contributed by atoms with van der Waals surface area (Å²) < 4.78 is 0. The van der Waals surface area contributed by atoms with Crippen molar-refractivity contribution >= 4 is 5.91 Å². The summed E-state index contributed by atoms with van der Waals surface area (Å²) in [5.74, 6) is 0.206. The van der Waals surface area contributed by atoms with Crippen LogP contribution in [0.2, 0.25) is 0 Å². The van der Waals surface area contributed by atoms with E-state index in [1.807, 2.05) is 6.07 Å². The number of nitrogens with zero attached hydrogens (tertiary/aromatic N) is 1. The molecular weight excluding hydrogens is 320 g/mol. The highest BCUT2D eigenvalue weighted by molar-refractivity contribution is 5.82. The van der Waals surface area contributed by atoms with Gasteiger partial charge in [-0.3, -0.25) is 9.69 Å². The first-order valence-corrected chi connectivity index (χ1v) is 10.3. The molecule has 0 aliphatic carbocycles. The van der Waals surface area contributed by atoms with E-state index in [0.717, 1.165) is 32.4 Å². The first-order chi connectivity index (χ1) is 12.2. The van der Waals surface area contributed by atoms with Crippen LogP contribution >= 0.6 is 0 Å². The Morgan fingerprint density at radius 3 is 2.23 bits per heavy atom. The molecule has 0 saturated carbocycles. The van der Waals surface area contributed by atoms with Crippen molar-refractivity contribution in [2.24, 2.45) is 5.41 Å². The van der Waals surface area contributed by atoms with Gasteiger partial charge in [0.25, 0.3) is 0 Å². The predicted octanol–water partition coefficient (Wildman–Crippen LogP) is 4.80. The summed E-state index contributed by atoms with van der Waals surface area (Å²) in [6.45, 7) is 13.1. The molecule has 0 bridgehead atoms. The number of amides is 1. The molecule has 1 N–H and O–H groups in total. The minimum Gasteiger partial charge on any atom is -0.350 e. The van der Waals surface area contributed by atoms with Crippen LogP contribution in [-0.4, -0.2) is 35.5 Å². The molecule has 1 atom stereocenters. The summed E-state index contributed by atoms with van der Waals surface area (Å²) in [5.41, 5.74) is 1.33. The van der Waals surface area contributed by atoms with Gasteiger partial charge < -0.3 is 5.32 Å². The van der Waals surface area contributed by atoms with Gasteiger partial charge in [-0.15, -0.1) is 0 Å². The lowest BCUT2D eigenvalue weighted by molar-refractivity contribution is -0.129. The highest BCUT2D eigenvalue weighted by Crippen LogP contribution is 2.27. The van der Waals surface area contributed by atoms with Gasteiger partial charge in [0.2, 0.25) is 5.91 Å². The Morgan fingerprint density at radius 1 is 1.04 bits per heavy atom. The molecule has 1 aromatic rings. The van der Waals surface area contributed by atoms with Crippen molar-refractivity contribution in [3.8, 4) is 0 Å². The van der Waals surface area contributed by atoms with Gasteiger partial charge in [0.05, 0.1) is 6.04 Å². The van der Waals surface area contributed by atoms with Gasteiger partial charge in [0.1, 0.15) is 0 Å². The van der Waals surface area contributed by atoms with Crippen LogP contribution in [0.1, 0.15) is 72.3 Å². The Morgan fingerprint density at radius 2 is 1.65 bits per heavy atom. The summed E-state index contributed by atoms with van der Waals surface area (Å²) in [4.78, 5) is 15.6. The maximum atomic E-state index is 13.2. The zero-order valence-corrected chi connectivity index (χ0v) is 17.5. The van der Waals surface area contributed by atoms with Gasteiger partial charge in [-0.25, -0.2) is 0 Å². The van der Waals surface area contributed by atoms with Crippen LogP contribution < -0.4 is 5.32 Å². The highest BCUT2D eigenvalue weighted by Gasteiger charge is 2.32. The molecule has 0 aromatic heterocycles. The van der Waals surface area contributed by atoms with E-state index in [0.29, 0.717) is 0 Å². The summed E-state index contributed by atoms with van der Waals surface area (Å²) in [5, 5.41) is 3.37. The largest absolute Gasteiger partial charge is 0.350 e. The van der Waals surface area contributed by atoms with Crippen LogP contribution in [0.4, 0.5) is 0 Å². The van der Waals surface area contributed by atoms with E-state index in [4.69, 9.17) is 0 Å².